The predicted molar refractivity (Wildman–Crippen MR) is 246 cm³/mol. The van der Waals surface area contributed by atoms with E-state index in [-0.39, 0.29) is 31.1 Å². The van der Waals surface area contributed by atoms with Gasteiger partial charge in [-0.15, -0.1) is 13.2 Å². The van der Waals surface area contributed by atoms with Crippen LogP contribution in [0.3, 0.4) is 0 Å². The number of unbranched alkanes of at least 4 members (excludes halogenated alkanes) is 6. The molecule has 0 spiro atoms. The minimum atomic E-state index is -4.79. The highest BCUT2D eigenvalue weighted by atomic mass is 35.5. The molecule has 0 radical (unpaired) electrons. The molecule has 14 nitrogen and oxygen atoms in total. The monoisotopic (exact) mass is 1010 g/mol. The number of hydrogen-bond donors (Lipinski definition) is 2. The molecule has 2 N–H and O–H groups in total. The largest absolute Gasteiger partial charge is 0.573 e. The first-order chi connectivity index (χ1) is 31.6. The van der Waals surface area contributed by atoms with Crippen LogP contribution in [0.4, 0.5) is 27.6 Å². The normalized spacial score (nSPS) is 10.4. The zero-order valence-corrected chi connectivity index (χ0v) is 39.8. The summed E-state index contributed by atoms with van der Waals surface area (Å²) in [5.41, 5.74) is 2.01. The van der Waals surface area contributed by atoms with Crippen molar-refractivity contribution in [2.45, 2.75) is 91.5 Å². The fraction of sp³-hybridized carbons (Fsp3) is 0.444. The third kappa shape index (κ3) is 25.2. The molecular formula is C45H55Cl4F3NO13+. The third-order valence-electron chi connectivity index (χ3n) is 8.21. The summed E-state index contributed by atoms with van der Waals surface area (Å²) in [6, 6.07) is 14.8. The van der Waals surface area contributed by atoms with E-state index in [0.29, 0.717) is 68.8 Å². The highest BCUT2D eigenvalue weighted by Gasteiger charge is 2.31. The molecule has 0 saturated carbocycles. The average Bonchev–Trinajstić information content (AvgIpc) is 3.27. The molecule has 66 heavy (non-hydrogen) atoms. The number of fused-ring (bicyclic) bond motifs is 1. The second-order valence-electron chi connectivity index (χ2n) is 13.2. The Morgan fingerprint density at radius 1 is 0.742 bits per heavy atom. The number of alkyl halides is 5. The lowest BCUT2D eigenvalue weighted by Crippen LogP contribution is -2.16. The fourth-order valence-corrected chi connectivity index (χ4v) is 5.69. The molecule has 0 bridgehead atoms. The number of aryl methyl sites for hydroxylation is 1. The first kappa shape index (κ1) is 59.2. The summed E-state index contributed by atoms with van der Waals surface area (Å²) >= 11 is 21.0. The molecule has 0 aliphatic rings. The Kier molecular flexibility index (Phi) is 31.0. The number of benzene rings is 3. The van der Waals surface area contributed by atoms with Crippen molar-refractivity contribution in [2.75, 3.05) is 38.7 Å². The zero-order valence-electron chi connectivity index (χ0n) is 36.8. The summed E-state index contributed by atoms with van der Waals surface area (Å²) in [7, 11) is 0. The lowest BCUT2D eigenvalue weighted by atomic mass is 9.99. The summed E-state index contributed by atoms with van der Waals surface area (Å²) in [4.78, 5) is 36.7. The van der Waals surface area contributed by atoms with Crippen LogP contribution in [0.5, 0.6) is 23.0 Å². The van der Waals surface area contributed by atoms with Crippen molar-refractivity contribution in [1.29, 1.82) is 0 Å². The lowest BCUT2D eigenvalue weighted by Gasteiger charge is -2.18. The van der Waals surface area contributed by atoms with Crippen molar-refractivity contribution < 1.29 is 75.7 Å². The van der Waals surface area contributed by atoms with Gasteiger partial charge in [0.05, 0.1) is 38.7 Å². The molecule has 0 fully saturated rings. The Morgan fingerprint density at radius 3 is 1.74 bits per heavy atom. The lowest BCUT2D eigenvalue weighted by molar-refractivity contribution is -0.274. The highest BCUT2D eigenvalue weighted by Crippen LogP contribution is 2.41. The first-order valence-electron chi connectivity index (χ1n) is 20.5. The summed E-state index contributed by atoms with van der Waals surface area (Å²) in [5.74, 6) is 0.721. The number of ether oxygens (including phenoxy) is 8. The smallest absolute Gasteiger partial charge is 0.457 e. The van der Waals surface area contributed by atoms with E-state index in [9.17, 15) is 32.7 Å². The minimum absolute atomic E-state index is 0.146. The number of aliphatic hydroxyl groups excluding tert-OH is 2. The minimum Gasteiger partial charge on any atom is -0.457 e. The van der Waals surface area contributed by atoms with Crippen molar-refractivity contribution in [3.63, 3.8) is 0 Å². The van der Waals surface area contributed by atoms with Crippen LogP contribution in [0.1, 0.15) is 82.9 Å². The first-order valence-corrected chi connectivity index (χ1v) is 22.3. The van der Waals surface area contributed by atoms with Gasteiger partial charge >= 0.3 is 24.1 Å². The van der Waals surface area contributed by atoms with Crippen LogP contribution in [0, 0.1) is 13.8 Å². The molecule has 0 aliphatic heterocycles. The van der Waals surface area contributed by atoms with Gasteiger partial charge in [-0.1, -0.05) is 86.5 Å². The Hall–Kier alpha value is -4.78. The topological polar surface area (TPSA) is 178 Å². The van der Waals surface area contributed by atoms with E-state index in [1.165, 1.54) is 12.1 Å². The SMILES string of the molecule is CCCCCOC(=O)OCCl.CCCCCOC(=O)OCOc1c(-c2ccc(Oc3ccc(OC(F)(F)F)cc3)cc2)c(C)nc2cc(CO)c(Cl)cc12.O=C(Cl)OCCl.[CH2+]CCCCO. The molecule has 3 aromatic carbocycles. The molecule has 21 heteroatoms. The fourth-order valence-electron chi connectivity index (χ4n) is 5.17. The van der Waals surface area contributed by atoms with Crippen molar-refractivity contribution in [3.05, 3.63) is 83.9 Å². The number of carbonyl (C=O) groups is 3. The van der Waals surface area contributed by atoms with Crippen LogP contribution in [0.15, 0.2) is 60.7 Å². The maximum absolute atomic E-state index is 12.4. The van der Waals surface area contributed by atoms with Gasteiger partial charge < -0.3 is 48.1 Å². The molecule has 0 unspecified atom stereocenters. The standard InChI is InChI=1S/C31H29ClF3NO7.C7H13ClO3.C5H11O.C2H2Cl2O2/c1-3-4-5-14-39-30(38)41-18-40-29-25-16-26(32)21(17-37)15-27(25)36-19(2)28(29)20-6-8-22(9-7-20)42-23-10-12-24(13-11-23)43-31(33,34)35;1-2-3-4-5-10-7(9)11-6-8;1-2-3-4-5-6;3-1-6-2(4)5/h6-13,15-16,37H,3-5,14,17-18H2,1-2H3;2-6H2,1H3;6H,1-5H2;1H2/q;;+1;. The van der Waals surface area contributed by atoms with Crippen LogP contribution in [0.2, 0.25) is 5.02 Å². The van der Waals surface area contributed by atoms with Crippen LogP contribution < -0.4 is 14.2 Å². The van der Waals surface area contributed by atoms with Gasteiger partial charge in [-0.2, -0.15) is 0 Å². The molecule has 1 heterocycles. The maximum Gasteiger partial charge on any atom is 0.573 e. The quantitative estimate of drug-likeness (QED) is 0.0153. The predicted octanol–water partition coefficient (Wildman–Crippen LogP) is 13.8. The molecular weight excluding hydrogens is 961 g/mol. The number of nitrogens with zero attached hydrogens (tertiary/aromatic N) is 1. The number of hydrogen-bond acceptors (Lipinski definition) is 14. The maximum atomic E-state index is 12.4. The molecule has 4 aromatic rings. The Morgan fingerprint density at radius 2 is 1.29 bits per heavy atom. The van der Waals surface area contributed by atoms with Gasteiger partial charge in [-0.25, -0.2) is 14.4 Å². The van der Waals surface area contributed by atoms with E-state index in [4.69, 9.17) is 58.9 Å². The molecule has 1 aromatic heterocycles. The van der Waals surface area contributed by atoms with Crippen molar-refractivity contribution in [3.8, 4) is 34.1 Å². The van der Waals surface area contributed by atoms with Gasteiger partial charge in [0.2, 0.25) is 6.79 Å². The molecule has 0 atom stereocenters. The number of carbonyl (C=O) groups excluding carboxylic acids is 3. The summed E-state index contributed by atoms with van der Waals surface area (Å²) < 4.78 is 76.0. The van der Waals surface area contributed by atoms with Crippen LogP contribution in [0.25, 0.3) is 22.0 Å². The van der Waals surface area contributed by atoms with Gasteiger partial charge in [-0.05, 0) is 92.3 Å². The number of pyridine rings is 1. The molecule has 4 rings (SSSR count). The summed E-state index contributed by atoms with van der Waals surface area (Å²) in [5, 5.41) is 18.7. The van der Waals surface area contributed by atoms with Crippen molar-refractivity contribution in [1.82, 2.24) is 4.98 Å². The Balaban J connectivity index is 0.000000775. The molecule has 0 amide bonds. The van der Waals surface area contributed by atoms with E-state index in [2.05, 4.69) is 49.4 Å². The van der Waals surface area contributed by atoms with Crippen molar-refractivity contribution >= 4 is 75.0 Å². The number of rotatable bonds is 21. The summed E-state index contributed by atoms with van der Waals surface area (Å²) in [6.07, 6.45) is 2.28. The second kappa shape index (κ2) is 34.5. The number of aliphatic hydroxyl groups is 2. The molecule has 366 valence electrons. The number of halogens is 7. The van der Waals surface area contributed by atoms with E-state index in [0.717, 1.165) is 69.9 Å². The Bertz CT molecular complexity index is 1990. The van der Waals surface area contributed by atoms with Crippen LogP contribution >= 0.6 is 46.4 Å². The highest BCUT2D eigenvalue weighted by molar-refractivity contribution is 6.61. The van der Waals surface area contributed by atoms with Crippen LogP contribution in [-0.2, 0) is 30.3 Å². The number of aromatic nitrogens is 1. The van der Waals surface area contributed by atoms with Crippen molar-refractivity contribution in [2.24, 2.45) is 0 Å². The summed E-state index contributed by atoms with van der Waals surface area (Å²) in [6.45, 7) is 9.78. The third-order valence-corrected chi connectivity index (χ3v) is 8.89. The van der Waals surface area contributed by atoms with Gasteiger partial charge in [0.1, 0.15) is 23.0 Å². The average molecular weight is 1020 g/mol. The van der Waals surface area contributed by atoms with E-state index in [1.54, 1.807) is 43.3 Å². The van der Waals surface area contributed by atoms with Crippen LogP contribution in [-0.4, -0.2) is 78.0 Å². The van der Waals surface area contributed by atoms with E-state index in [1.807, 2.05) is 6.92 Å². The zero-order chi connectivity index (χ0) is 49.3. The Labute approximate surface area is 402 Å². The van der Waals surface area contributed by atoms with Gasteiger partial charge in [-0.3, -0.25) is 4.98 Å². The molecule has 0 aliphatic carbocycles. The van der Waals surface area contributed by atoms with E-state index < -0.39 is 30.9 Å². The van der Waals surface area contributed by atoms with Gasteiger partial charge in [0.15, 0.2) is 12.1 Å². The van der Waals surface area contributed by atoms with Gasteiger partial charge in [0.25, 0.3) is 0 Å². The molecule has 0 saturated heterocycles. The van der Waals surface area contributed by atoms with E-state index >= 15 is 0 Å². The van der Waals surface area contributed by atoms with Gasteiger partial charge in [0, 0.05) is 39.9 Å². The second-order valence-corrected chi connectivity index (χ2v) is 14.4.